The third kappa shape index (κ3) is 3.75. The number of ether oxygens (including phenoxy) is 1. The largest absolute Gasteiger partial charge is 0.495 e. The SMILES string of the molecule is COc1ccccc1N1C[C@H](C(=O)N[C@@H](c2nc3ccccc3[nH]2)C(C)C)CC1=O. The van der Waals surface area contributed by atoms with Crippen molar-refractivity contribution in [2.24, 2.45) is 11.8 Å². The zero-order valence-corrected chi connectivity index (χ0v) is 17.4. The van der Waals surface area contributed by atoms with Gasteiger partial charge in [-0.05, 0) is 30.2 Å². The Hall–Kier alpha value is -3.35. The molecule has 1 aliphatic rings. The number of nitrogens with zero attached hydrogens (tertiary/aromatic N) is 2. The van der Waals surface area contributed by atoms with Crippen LogP contribution in [-0.4, -0.2) is 35.4 Å². The minimum atomic E-state index is -0.423. The third-order valence-corrected chi connectivity index (χ3v) is 5.54. The smallest absolute Gasteiger partial charge is 0.227 e. The van der Waals surface area contributed by atoms with Gasteiger partial charge in [-0.2, -0.15) is 0 Å². The van der Waals surface area contributed by atoms with E-state index in [2.05, 4.69) is 15.3 Å². The number of fused-ring (bicyclic) bond motifs is 1. The van der Waals surface area contributed by atoms with Crippen LogP contribution in [0.25, 0.3) is 11.0 Å². The third-order valence-electron chi connectivity index (χ3n) is 5.54. The molecule has 2 amide bonds. The summed E-state index contributed by atoms with van der Waals surface area (Å²) in [6.07, 6.45) is 0.175. The topological polar surface area (TPSA) is 87.3 Å². The Bertz CT molecular complexity index is 1040. The number of nitrogens with one attached hydrogen (secondary N) is 2. The second kappa shape index (κ2) is 8.18. The molecular weight excluding hydrogens is 380 g/mol. The molecule has 1 saturated heterocycles. The van der Waals surface area contributed by atoms with Gasteiger partial charge in [0, 0.05) is 13.0 Å². The molecule has 7 nitrogen and oxygen atoms in total. The van der Waals surface area contributed by atoms with Crippen molar-refractivity contribution in [1.29, 1.82) is 0 Å². The fraction of sp³-hybridized carbons (Fsp3) is 0.348. The lowest BCUT2D eigenvalue weighted by Gasteiger charge is -2.23. The highest BCUT2D eigenvalue weighted by Crippen LogP contribution is 2.33. The number of methoxy groups -OCH3 is 1. The van der Waals surface area contributed by atoms with E-state index in [4.69, 9.17) is 4.74 Å². The minimum Gasteiger partial charge on any atom is -0.495 e. The van der Waals surface area contributed by atoms with Crippen LogP contribution in [0, 0.1) is 11.8 Å². The van der Waals surface area contributed by atoms with Crippen LogP contribution < -0.4 is 15.0 Å². The molecule has 0 aliphatic carbocycles. The van der Waals surface area contributed by atoms with Crippen LogP contribution in [0.3, 0.4) is 0 Å². The maximum Gasteiger partial charge on any atom is 0.227 e. The summed E-state index contributed by atoms with van der Waals surface area (Å²) in [5, 5.41) is 3.11. The van der Waals surface area contributed by atoms with E-state index in [0.29, 0.717) is 18.0 Å². The number of H-pyrrole nitrogens is 1. The van der Waals surface area contributed by atoms with Gasteiger partial charge in [0.15, 0.2) is 0 Å². The first-order valence-electron chi connectivity index (χ1n) is 10.2. The molecule has 156 valence electrons. The number of anilines is 1. The van der Waals surface area contributed by atoms with E-state index < -0.39 is 5.92 Å². The number of benzene rings is 2. The summed E-state index contributed by atoms with van der Waals surface area (Å²) in [4.78, 5) is 35.3. The lowest BCUT2D eigenvalue weighted by molar-refractivity contribution is -0.127. The lowest BCUT2D eigenvalue weighted by atomic mass is 10.0. The van der Waals surface area contributed by atoms with E-state index in [0.717, 1.165) is 16.9 Å². The maximum absolute atomic E-state index is 13.1. The predicted octanol–water partition coefficient (Wildman–Crippen LogP) is 3.44. The Morgan fingerprint density at radius 3 is 2.67 bits per heavy atom. The number of rotatable bonds is 6. The summed E-state index contributed by atoms with van der Waals surface area (Å²) in [6.45, 7) is 4.41. The molecule has 1 aromatic heterocycles. The Balaban J connectivity index is 1.51. The normalized spacial score (nSPS) is 17.5. The van der Waals surface area contributed by atoms with E-state index in [-0.39, 0.29) is 30.2 Å². The van der Waals surface area contributed by atoms with Crippen LogP contribution in [0.15, 0.2) is 48.5 Å². The van der Waals surface area contributed by atoms with Gasteiger partial charge < -0.3 is 19.9 Å². The van der Waals surface area contributed by atoms with Crippen molar-refractivity contribution in [3.05, 3.63) is 54.4 Å². The molecule has 2 atom stereocenters. The van der Waals surface area contributed by atoms with Crippen molar-refractivity contribution in [2.75, 3.05) is 18.6 Å². The minimum absolute atomic E-state index is 0.0792. The molecule has 30 heavy (non-hydrogen) atoms. The first-order valence-corrected chi connectivity index (χ1v) is 10.2. The number of aromatic amines is 1. The average molecular weight is 406 g/mol. The predicted molar refractivity (Wildman–Crippen MR) is 115 cm³/mol. The zero-order chi connectivity index (χ0) is 21.3. The molecular formula is C23H26N4O3. The van der Waals surface area contributed by atoms with Crippen molar-refractivity contribution < 1.29 is 14.3 Å². The van der Waals surface area contributed by atoms with Gasteiger partial charge in [0.1, 0.15) is 11.6 Å². The van der Waals surface area contributed by atoms with E-state index >= 15 is 0 Å². The first-order chi connectivity index (χ1) is 14.5. The van der Waals surface area contributed by atoms with Crippen molar-refractivity contribution >= 4 is 28.5 Å². The molecule has 0 unspecified atom stereocenters. The fourth-order valence-corrected chi connectivity index (χ4v) is 3.91. The molecule has 0 saturated carbocycles. The van der Waals surface area contributed by atoms with E-state index in [1.807, 2.05) is 62.4 Å². The number of carbonyl (C=O) groups is 2. The Morgan fingerprint density at radius 1 is 1.20 bits per heavy atom. The summed E-state index contributed by atoms with van der Waals surface area (Å²) >= 11 is 0. The number of amides is 2. The van der Waals surface area contributed by atoms with Crippen LogP contribution in [0.2, 0.25) is 0 Å². The van der Waals surface area contributed by atoms with Crippen molar-refractivity contribution in [1.82, 2.24) is 15.3 Å². The Labute approximate surface area is 175 Å². The molecule has 1 fully saturated rings. The molecule has 2 N–H and O–H groups in total. The number of para-hydroxylation sites is 4. The van der Waals surface area contributed by atoms with Gasteiger partial charge in [-0.25, -0.2) is 4.98 Å². The molecule has 1 aliphatic heterocycles. The molecule has 3 aromatic rings. The summed E-state index contributed by atoms with van der Waals surface area (Å²) in [5.41, 5.74) is 2.49. The van der Waals surface area contributed by atoms with Gasteiger partial charge in [0.2, 0.25) is 11.8 Å². The van der Waals surface area contributed by atoms with Crippen molar-refractivity contribution in [3.8, 4) is 5.75 Å². The van der Waals surface area contributed by atoms with Crippen LogP contribution >= 0.6 is 0 Å². The number of imidazole rings is 1. The van der Waals surface area contributed by atoms with E-state index in [1.165, 1.54) is 0 Å². The van der Waals surface area contributed by atoms with Gasteiger partial charge in [0.05, 0.1) is 35.8 Å². The van der Waals surface area contributed by atoms with Gasteiger partial charge >= 0.3 is 0 Å². The Kier molecular flexibility index (Phi) is 5.44. The summed E-state index contributed by atoms with van der Waals surface area (Å²) in [7, 11) is 1.57. The number of aromatic nitrogens is 2. The molecule has 0 radical (unpaired) electrons. The highest BCUT2D eigenvalue weighted by atomic mass is 16.5. The average Bonchev–Trinajstić information content (AvgIpc) is 3.35. The van der Waals surface area contributed by atoms with Crippen molar-refractivity contribution in [3.63, 3.8) is 0 Å². The molecule has 2 aromatic carbocycles. The molecule has 0 spiro atoms. The molecule has 4 rings (SSSR count). The summed E-state index contributed by atoms with van der Waals surface area (Å²) in [5.74, 6) is 0.842. The monoisotopic (exact) mass is 406 g/mol. The second-order valence-electron chi connectivity index (χ2n) is 7.95. The Morgan fingerprint density at radius 2 is 1.93 bits per heavy atom. The zero-order valence-electron chi connectivity index (χ0n) is 17.4. The van der Waals surface area contributed by atoms with Crippen LogP contribution in [0.5, 0.6) is 5.75 Å². The quantitative estimate of drug-likeness (QED) is 0.656. The highest BCUT2D eigenvalue weighted by Gasteiger charge is 2.37. The maximum atomic E-state index is 13.1. The van der Waals surface area contributed by atoms with Crippen LogP contribution in [0.4, 0.5) is 5.69 Å². The molecule has 0 bridgehead atoms. The van der Waals surface area contributed by atoms with E-state index in [1.54, 1.807) is 12.0 Å². The fourth-order valence-electron chi connectivity index (χ4n) is 3.91. The number of hydrogen-bond donors (Lipinski definition) is 2. The highest BCUT2D eigenvalue weighted by molar-refractivity contribution is 6.01. The second-order valence-corrected chi connectivity index (χ2v) is 7.95. The van der Waals surface area contributed by atoms with Gasteiger partial charge in [-0.1, -0.05) is 38.1 Å². The summed E-state index contributed by atoms with van der Waals surface area (Å²) in [6, 6.07) is 14.9. The molecule has 2 heterocycles. The van der Waals surface area contributed by atoms with Gasteiger partial charge in [-0.3, -0.25) is 9.59 Å². The van der Waals surface area contributed by atoms with Gasteiger partial charge in [0.25, 0.3) is 0 Å². The van der Waals surface area contributed by atoms with Crippen LogP contribution in [0.1, 0.15) is 32.1 Å². The lowest BCUT2D eigenvalue weighted by Crippen LogP contribution is -2.38. The van der Waals surface area contributed by atoms with Crippen molar-refractivity contribution in [2.45, 2.75) is 26.3 Å². The van der Waals surface area contributed by atoms with Gasteiger partial charge in [-0.15, -0.1) is 0 Å². The van der Waals surface area contributed by atoms with E-state index in [9.17, 15) is 9.59 Å². The van der Waals surface area contributed by atoms with Crippen LogP contribution in [-0.2, 0) is 9.59 Å². The summed E-state index contributed by atoms with van der Waals surface area (Å²) < 4.78 is 5.38. The standard InChI is InChI=1S/C23H26N4O3/c1-14(2)21(22-24-16-8-4-5-9-17(16)25-22)26-23(29)15-12-20(28)27(13-15)18-10-6-7-11-19(18)30-3/h4-11,14-15,21H,12-13H2,1-3H3,(H,24,25)(H,26,29)/t15-,21-/m1/s1. The number of carbonyl (C=O) groups excluding carboxylic acids is 2. The molecule has 7 heteroatoms. The number of hydrogen-bond acceptors (Lipinski definition) is 4. The first kappa shape index (κ1) is 19.9.